The summed E-state index contributed by atoms with van der Waals surface area (Å²) in [6.07, 6.45) is 5.15. The summed E-state index contributed by atoms with van der Waals surface area (Å²) in [6, 6.07) is 8.97. The Morgan fingerprint density at radius 1 is 1.39 bits per heavy atom. The van der Waals surface area contributed by atoms with Crippen molar-refractivity contribution in [3.05, 3.63) is 53.1 Å². The Hall–Kier alpha value is -1.65. The number of aromatic nitrogens is 1. The normalized spacial score (nSPS) is 26.0. The molecule has 1 aliphatic carbocycles. The molecule has 0 bridgehead atoms. The van der Waals surface area contributed by atoms with Crippen LogP contribution in [-0.4, -0.2) is 24.7 Å². The average Bonchev–Trinajstić information content (AvgIpc) is 3.13. The van der Waals surface area contributed by atoms with Gasteiger partial charge in [0, 0.05) is 31.0 Å². The van der Waals surface area contributed by atoms with Gasteiger partial charge in [0.05, 0.1) is 22.5 Å². The number of methoxy groups -OCH3 is 1. The molecule has 0 saturated heterocycles. The lowest BCUT2D eigenvalue weighted by molar-refractivity contribution is 0.103. The molecule has 2 aliphatic rings. The molecule has 4 rings (SSSR count). The first-order chi connectivity index (χ1) is 11.1. The number of ether oxygens (including phenoxy) is 1. The fraction of sp³-hybridized carbons (Fsp3) is 0.389. The second-order valence-electron chi connectivity index (χ2n) is 6.44. The molecule has 2 atom stereocenters. The van der Waals surface area contributed by atoms with Crippen molar-refractivity contribution in [3.63, 3.8) is 0 Å². The zero-order chi connectivity index (χ0) is 16.0. The van der Waals surface area contributed by atoms with Crippen LogP contribution in [0.2, 0.25) is 5.02 Å². The summed E-state index contributed by atoms with van der Waals surface area (Å²) in [4.78, 5) is 6.81. The molecule has 1 aliphatic heterocycles. The number of halogens is 2. The molecule has 1 aromatic heterocycles. The number of hydrogen-bond donors (Lipinski definition) is 0. The van der Waals surface area contributed by atoms with Gasteiger partial charge in [0.2, 0.25) is 0 Å². The Bertz CT molecular complexity index is 754. The fourth-order valence-corrected chi connectivity index (χ4v) is 4.12. The Labute approximate surface area is 140 Å². The average molecular weight is 333 g/mol. The lowest BCUT2D eigenvalue weighted by atomic mass is 9.84. The van der Waals surface area contributed by atoms with Crippen LogP contribution in [0.15, 0.2) is 36.5 Å². The number of fused-ring (bicyclic) bond motifs is 2. The van der Waals surface area contributed by atoms with E-state index in [2.05, 4.69) is 16.0 Å². The molecule has 1 unspecified atom stereocenters. The van der Waals surface area contributed by atoms with Gasteiger partial charge < -0.3 is 9.64 Å². The summed E-state index contributed by atoms with van der Waals surface area (Å²) in [7, 11) is 1.77. The molecule has 2 aromatic rings. The van der Waals surface area contributed by atoms with E-state index in [9.17, 15) is 4.39 Å². The van der Waals surface area contributed by atoms with E-state index >= 15 is 0 Å². The lowest BCUT2D eigenvalue weighted by Crippen LogP contribution is -2.30. The van der Waals surface area contributed by atoms with Crippen molar-refractivity contribution in [2.24, 2.45) is 0 Å². The molecule has 1 saturated carbocycles. The molecule has 1 aromatic carbocycles. The van der Waals surface area contributed by atoms with E-state index in [4.69, 9.17) is 16.3 Å². The van der Waals surface area contributed by atoms with Crippen LogP contribution in [0.1, 0.15) is 25.0 Å². The molecule has 3 nitrogen and oxygen atoms in total. The molecule has 1 fully saturated rings. The van der Waals surface area contributed by atoms with Crippen molar-refractivity contribution >= 4 is 23.0 Å². The van der Waals surface area contributed by atoms with Gasteiger partial charge in [0.15, 0.2) is 0 Å². The molecule has 0 radical (unpaired) electrons. The third-order valence-electron chi connectivity index (χ3n) is 5.15. The van der Waals surface area contributed by atoms with Crippen LogP contribution < -0.4 is 4.90 Å². The van der Waals surface area contributed by atoms with Gasteiger partial charge in [-0.1, -0.05) is 11.6 Å². The molecule has 5 heteroatoms. The number of pyridine rings is 1. The predicted molar refractivity (Wildman–Crippen MR) is 89.0 cm³/mol. The summed E-state index contributed by atoms with van der Waals surface area (Å²) < 4.78 is 19.5. The van der Waals surface area contributed by atoms with Crippen molar-refractivity contribution < 1.29 is 9.13 Å². The largest absolute Gasteiger partial charge is 0.381 e. The molecule has 1 spiro atoms. The molecule has 23 heavy (non-hydrogen) atoms. The van der Waals surface area contributed by atoms with Gasteiger partial charge in [-0.25, -0.2) is 4.39 Å². The first kappa shape index (κ1) is 14.9. The Balaban J connectivity index is 1.77. The molecular formula is C18H18ClFN2O. The highest BCUT2D eigenvalue weighted by molar-refractivity contribution is 6.30. The van der Waals surface area contributed by atoms with Crippen LogP contribution in [0, 0.1) is 5.82 Å². The number of anilines is 2. The van der Waals surface area contributed by atoms with E-state index < -0.39 is 5.82 Å². The topological polar surface area (TPSA) is 25.4 Å². The summed E-state index contributed by atoms with van der Waals surface area (Å²) >= 11 is 5.82. The second kappa shape index (κ2) is 5.46. The molecule has 2 heterocycles. The summed E-state index contributed by atoms with van der Waals surface area (Å²) in [6.45, 7) is 0.806. The monoisotopic (exact) mass is 332 g/mol. The van der Waals surface area contributed by atoms with Crippen LogP contribution >= 0.6 is 11.6 Å². The van der Waals surface area contributed by atoms with Crippen molar-refractivity contribution in [2.75, 3.05) is 18.6 Å². The maximum atomic E-state index is 13.9. The van der Waals surface area contributed by atoms with E-state index in [0.29, 0.717) is 0 Å². The number of nitrogens with zero attached hydrogens (tertiary/aromatic N) is 2. The highest BCUT2D eigenvalue weighted by atomic mass is 35.5. The number of rotatable bonds is 2. The van der Waals surface area contributed by atoms with Crippen LogP contribution in [0.5, 0.6) is 0 Å². The standard InChI is InChI=1S/C18H18ClFN2O/c1-23-13-6-7-18(10-13)11-22(16-3-2-8-21-17(16)18)12-4-5-14(19)15(20)9-12/h2-5,8-9,13H,6-7,10-11H2,1H3/t13-,18?/m1/s1. The van der Waals surface area contributed by atoms with Crippen molar-refractivity contribution in [1.82, 2.24) is 4.98 Å². The van der Waals surface area contributed by atoms with Crippen LogP contribution in [0.25, 0.3) is 0 Å². The van der Waals surface area contributed by atoms with Gasteiger partial charge in [-0.3, -0.25) is 4.98 Å². The van der Waals surface area contributed by atoms with Crippen molar-refractivity contribution in [2.45, 2.75) is 30.8 Å². The number of benzene rings is 1. The smallest absolute Gasteiger partial charge is 0.143 e. The highest BCUT2D eigenvalue weighted by Crippen LogP contribution is 2.52. The Morgan fingerprint density at radius 2 is 2.26 bits per heavy atom. The quantitative estimate of drug-likeness (QED) is 0.811. The van der Waals surface area contributed by atoms with Crippen molar-refractivity contribution in [3.8, 4) is 0 Å². The molecular weight excluding hydrogens is 315 g/mol. The lowest BCUT2D eigenvalue weighted by Gasteiger charge is -2.25. The molecule has 0 N–H and O–H groups in total. The minimum absolute atomic E-state index is 0.00657. The van der Waals surface area contributed by atoms with Crippen LogP contribution in [0.4, 0.5) is 15.8 Å². The molecule has 0 amide bonds. The maximum Gasteiger partial charge on any atom is 0.143 e. The third kappa shape index (κ3) is 2.32. The fourth-order valence-electron chi connectivity index (χ4n) is 4.01. The summed E-state index contributed by atoms with van der Waals surface area (Å²) in [5.41, 5.74) is 2.98. The molecule has 120 valence electrons. The second-order valence-corrected chi connectivity index (χ2v) is 6.84. The van der Waals surface area contributed by atoms with Crippen LogP contribution in [0.3, 0.4) is 0 Å². The van der Waals surface area contributed by atoms with Gasteiger partial charge in [0.25, 0.3) is 0 Å². The summed E-state index contributed by atoms with van der Waals surface area (Å²) in [5, 5.41) is 0.148. The van der Waals surface area contributed by atoms with E-state index in [-0.39, 0.29) is 16.5 Å². The van der Waals surface area contributed by atoms with Gasteiger partial charge in [-0.05, 0) is 49.6 Å². The van der Waals surface area contributed by atoms with E-state index in [1.165, 1.54) is 6.07 Å². The van der Waals surface area contributed by atoms with E-state index in [0.717, 1.165) is 42.9 Å². The predicted octanol–water partition coefficient (Wildman–Crippen LogP) is 4.46. The minimum atomic E-state index is -0.392. The SMILES string of the molecule is CO[C@@H]1CCC2(C1)CN(c1ccc(Cl)c(F)c1)c1cccnc12. The van der Waals surface area contributed by atoms with Gasteiger partial charge in [-0.2, -0.15) is 0 Å². The summed E-state index contributed by atoms with van der Waals surface area (Å²) in [5.74, 6) is -0.392. The highest BCUT2D eigenvalue weighted by Gasteiger charge is 2.49. The van der Waals surface area contributed by atoms with E-state index in [1.807, 2.05) is 18.3 Å². The zero-order valence-electron chi connectivity index (χ0n) is 12.9. The van der Waals surface area contributed by atoms with Gasteiger partial charge in [-0.15, -0.1) is 0 Å². The Kier molecular flexibility index (Phi) is 3.54. The maximum absolute atomic E-state index is 13.9. The van der Waals surface area contributed by atoms with Crippen molar-refractivity contribution in [1.29, 1.82) is 0 Å². The number of hydrogen-bond acceptors (Lipinski definition) is 3. The Morgan fingerprint density at radius 3 is 3.00 bits per heavy atom. The zero-order valence-corrected chi connectivity index (χ0v) is 13.7. The first-order valence-electron chi connectivity index (χ1n) is 7.84. The van der Waals surface area contributed by atoms with Crippen LogP contribution in [-0.2, 0) is 10.2 Å². The van der Waals surface area contributed by atoms with E-state index in [1.54, 1.807) is 13.2 Å². The van der Waals surface area contributed by atoms with Gasteiger partial charge in [0.1, 0.15) is 5.82 Å². The van der Waals surface area contributed by atoms with Gasteiger partial charge >= 0.3 is 0 Å². The minimum Gasteiger partial charge on any atom is -0.381 e. The third-order valence-corrected chi connectivity index (χ3v) is 5.46. The first-order valence-corrected chi connectivity index (χ1v) is 8.22.